The molecule has 1 aromatic heterocycles. The predicted octanol–water partition coefficient (Wildman–Crippen LogP) is 0.790. The van der Waals surface area contributed by atoms with E-state index in [-0.39, 0.29) is 6.61 Å². The van der Waals surface area contributed by atoms with E-state index >= 15 is 0 Å². The number of nitrogens with two attached hydrogens (primary N) is 1. The minimum absolute atomic E-state index is 0.107. The van der Waals surface area contributed by atoms with Crippen LogP contribution in [-0.4, -0.2) is 16.9 Å². The lowest BCUT2D eigenvalue weighted by Gasteiger charge is -2.00. The minimum Gasteiger partial charge on any atom is -0.394 e. The highest BCUT2D eigenvalue weighted by molar-refractivity contribution is 5.11. The first-order chi connectivity index (χ1) is 5.65. The van der Waals surface area contributed by atoms with Crippen molar-refractivity contribution in [3.05, 3.63) is 17.5 Å². The molecule has 4 nitrogen and oxygen atoms in total. The lowest BCUT2D eigenvalue weighted by molar-refractivity contribution is 0.260. The van der Waals surface area contributed by atoms with Crippen LogP contribution in [0.4, 0.5) is 0 Å². The van der Waals surface area contributed by atoms with Gasteiger partial charge in [-0.15, -0.1) is 0 Å². The summed E-state index contributed by atoms with van der Waals surface area (Å²) in [5.41, 5.74) is 6.15. The molecule has 0 aliphatic carbocycles. The second-order valence-corrected chi connectivity index (χ2v) is 3.10. The van der Waals surface area contributed by atoms with E-state index in [1.165, 1.54) is 0 Å². The summed E-state index contributed by atoms with van der Waals surface area (Å²) >= 11 is 0. The van der Waals surface area contributed by atoms with Crippen molar-refractivity contribution in [1.82, 2.24) is 5.16 Å². The van der Waals surface area contributed by atoms with Gasteiger partial charge in [-0.1, -0.05) is 19.0 Å². The molecular weight excluding hydrogens is 156 g/mol. The minimum atomic E-state index is -0.429. The fraction of sp³-hybridized carbons (Fsp3) is 0.625. The van der Waals surface area contributed by atoms with E-state index in [4.69, 9.17) is 15.4 Å². The van der Waals surface area contributed by atoms with Crippen molar-refractivity contribution in [3.8, 4) is 0 Å². The second kappa shape index (κ2) is 3.69. The van der Waals surface area contributed by atoms with Crippen LogP contribution >= 0.6 is 0 Å². The van der Waals surface area contributed by atoms with Crippen molar-refractivity contribution < 1.29 is 9.63 Å². The van der Waals surface area contributed by atoms with Crippen LogP contribution in [-0.2, 0) is 0 Å². The molecule has 0 aliphatic heterocycles. The Morgan fingerprint density at radius 1 is 1.67 bits per heavy atom. The highest BCUT2D eigenvalue weighted by atomic mass is 16.5. The molecule has 3 N–H and O–H groups in total. The maximum atomic E-state index is 8.73. The van der Waals surface area contributed by atoms with Gasteiger partial charge in [0.2, 0.25) is 0 Å². The Morgan fingerprint density at radius 3 is 2.75 bits per heavy atom. The van der Waals surface area contributed by atoms with E-state index in [9.17, 15) is 0 Å². The maximum absolute atomic E-state index is 8.73. The van der Waals surface area contributed by atoms with E-state index < -0.39 is 6.04 Å². The molecular formula is C8H14N2O2. The van der Waals surface area contributed by atoms with Gasteiger partial charge in [0.1, 0.15) is 11.5 Å². The molecule has 0 aromatic carbocycles. The van der Waals surface area contributed by atoms with Crippen LogP contribution in [0.2, 0.25) is 0 Å². The molecule has 1 atom stereocenters. The fourth-order valence-electron chi connectivity index (χ4n) is 0.844. The van der Waals surface area contributed by atoms with Gasteiger partial charge in [-0.2, -0.15) is 0 Å². The van der Waals surface area contributed by atoms with E-state index in [2.05, 4.69) is 5.16 Å². The molecule has 1 unspecified atom stereocenters. The van der Waals surface area contributed by atoms with Gasteiger partial charge in [-0.25, -0.2) is 0 Å². The van der Waals surface area contributed by atoms with Gasteiger partial charge in [0.25, 0.3) is 0 Å². The Morgan fingerprint density at radius 2 is 2.33 bits per heavy atom. The highest BCUT2D eigenvalue weighted by Gasteiger charge is 2.12. The number of aliphatic hydroxyl groups is 1. The lowest BCUT2D eigenvalue weighted by atomic mass is 10.1. The Bertz CT molecular complexity index is 245. The molecule has 1 aromatic rings. The Kier molecular flexibility index (Phi) is 2.83. The zero-order valence-corrected chi connectivity index (χ0v) is 7.32. The summed E-state index contributed by atoms with van der Waals surface area (Å²) in [4.78, 5) is 0. The molecule has 0 saturated heterocycles. The average Bonchev–Trinajstić information content (AvgIpc) is 2.51. The fourth-order valence-corrected chi connectivity index (χ4v) is 0.844. The van der Waals surface area contributed by atoms with E-state index in [1.807, 2.05) is 13.8 Å². The van der Waals surface area contributed by atoms with Gasteiger partial charge in [0.05, 0.1) is 12.6 Å². The Labute approximate surface area is 71.4 Å². The van der Waals surface area contributed by atoms with Crippen molar-refractivity contribution in [2.24, 2.45) is 5.73 Å². The molecule has 0 amide bonds. The number of rotatable bonds is 3. The van der Waals surface area contributed by atoms with Crippen LogP contribution in [0.15, 0.2) is 10.6 Å². The SMILES string of the molecule is CC(C)c1cc(C(N)CO)no1. The standard InChI is InChI=1S/C8H14N2O2/c1-5(2)8-3-7(10-12-8)6(9)4-11/h3,5-6,11H,4,9H2,1-2H3. The maximum Gasteiger partial charge on any atom is 0.139 e. The third kappa shape index (κ3) is 1.84. The largest absolute Gasteiger partial charge is 0.394 e. The molecule has 0 bridgehead atoms. The summed E-state index contributed by atoms with van der Waals surface area (Å²) < 4.78 is 5.01. The molecule has 0 fully saturated rings. The van der Waals surface area contributed by atoms with Crippen LogP contribution in [0.1, 0.15) is 37.3 Å². The Balaban J connectivity index is 2.77. The zero-order valence-electron chi connectivity index (χ0n) is 7.32. The second-order valence-electron chi connectivity index (χ2n) is 3.10. The summed E-state index contributed by atoms with van der Waals surface area (Å²) in [7, 11) is 0. The number of hydrogen-bond donors (Lipinski definition) is 2. The van der Waals surface area contributed by atoms with Gasteiger partial charge in [0, 0.05) is 12.0 Å². The van der Waals surface area contributed by atoms with Crippen molar-refractivity contribution in [2.45, 2.75) is 25.8 Å². The molecule has 0 spiro atoms. The van der Waals surface area contributed by atoms with Crippen molar-refractivity contribution in [3.63, 3.8) is 0 Å². The first-order valence-corrected chi connectivity index (χ1v) is 3.98. The number of aliphatic hydroxyl groups excluding tert-OH is 1. The summed E-state index contributed by atoms with van der Waals surface area (Å²) in [5, 5.41) is 12.5. The number of hydrogen-bond acceptors (Lipinski definition) is 4. The van der Waals surface area contributed by atoms with Gasteiger partial charge >= 0.3 is 0 Å². The first-order valence-electron chi connectivity index (χ1n) is 3.98. The normalized spacial score (nSPS) is 13.8. The van der Waals surface area contributed by atoms with Crippen LogP contribution in [0.3, 0.4) is 0 Å². The predicted molar refractivity (Wildman–Crippen MR) is 44.6 cm³/mol. The quantitative estimate of drug-likeness (QED) is 0.703. The van der Waals surface area contributed by atoms with Crippen molar-refractivity contribution in [2.75, 3.05) is 6.61 Å². The van der Waals surface area contributed by atoms with Crippen LogP contribution in [0.25, 0.3) is 0 Å². The van der Waals surface area contributed by atoms with E-state index in [0.29, 0.717) is 11.6 Å². The van der Waals surface area contributed by atoms with Crippen LogP contribution in [0.5, 0.6) is 0 Å². The molecule has 0 radical (unpaired) electrons. The summed E-state index contributed by atoms with van der Waals surface area (Å²) in [6.07, 6.45) is 0. The number of aromatic nitrogens is 1. The van der Waals surface area contributed by atoms with Crippen molar-refractivity contribution >= 4 is 0 Å². The van der Waals surface area contributed by atoms with Gasteiger partial charge < -0.3 is 15.4 Å². The molecule has 1 heterocycles. The molecule has 68 valence electrons. The van der Waals surface area contributed by atoms with Crippen LogP contribution < -0.4 is 5.73 Å². The van der Waals surface area contributed by atoms with Gasteiger partial charge in [-0.05, 0) is 0 Å². The summed E-state index contributed by atoms with van der Waals surface area (Å²) in [6, 6.07) is 1.35. The molecule has 1 rings (SSSR count). The smallest absolute Gasteiger partial charge is 0.139 e. The van der Waals surface area contributed by atoms with Crippen molar-refractivity contribution in [1.29, 1.82) is 0 Å². The average molecular weight is 170 g/mol. The van der Waals surface area contributed by atoms with Gasteiger partial charge in [0.15, 0.2) is 0 Å². The molecule has 12 heavy (non-hydrogen) atoms. The summed E-state index contributed by atoms with van der Waals surface area (Å²) in [5.74, 6) is 1.10. The molecule has 4 heteroatoms. The summed E-state index contributed by atoms with van der Waals surface area (Å²) in [6.45, 7) is 3.91. The zero-order chi connectivity index (χ0) is 9.14. The molecule has 0 aliphatic rings. The van der Waals surface area contributed by atoms with E-state index in [1.54, 1.807) is 6.07 Å². The lowest BCUT2D eigenvalue weighted by Crippen LogP contribution is -2.14. The third-order valence-corrected chi connectivity index (χ3v) is 1.69. The highest BCUT2D eigenvalue weighted by Crippen LogP contribution is 2.17. The number of nitrogens with zero attached hydrogens (tertiary/aromatic N) is 1. The van der Waals surface area contributed by atoms with Crippen LogP contribution in [0, 0.1) is 0 Å². The first kappa shape index (κ1) is 9.22. The molecule has 0 saturated carbocycles. The Hall–Kier alpha value is -0.870. The van der Waals surface area contributed by atoms with Gasteiger partial charge in [-0.3, -0.25) is 0 Å². The topological polar surface area (TPSA) is 72.3 Å². The third-order valence-electron chi connectivity index (χ3n) is 1.69. The monoisotopic (exact) mass is 170 g/mol. The van der Waals surface area contributed by atoms with E-state index in [0.717, 1.165) is 5.76 Å².